The van der Waals surface area contributed by atoms with Crippen molar-refractivity contribution in [1.29, 1.82) is 0 Å². The zero-order valence-corrected chi connectivity index (χ0v) is 12.6. The van der Waals surface area contributed by atoms with Crippen LogP contribution < -0.4 is 0 Å². The van der Waals surface area contributed by atoms with Crippen LogP contribution in [0, 0.1) is 18.7 Å². The van der Waals surface area contributed by atoms with E-state index >= 15 is 0 Å². The summed E-state index contributed by atoms with van der Waals surface area (Å²) in [5, 5.41) is 0.160. The first-order chi connectivity index (χ1) is 8.90. The van der Waals surface area contributed by atoms with Crippen molar-refractivity contribution in [2.75, 3.05) is 0 Å². The van der Waals surface area contributed by atoms with E-state index < -0.39 is 0 Å². The molecule has 0 unspecified atom stereocenters. The standard InChI is InChI=1S/C13H10ClF.C4H10/c1-9-2-4-10(5-3-9)11-6-7-13(15)12(14)8-11;1-4(2)3/h2-8H,1H3;4H,1-3H3. The third-order valence-corrected chi connectivity index (χ3v) is 2.59. The summed E-state index contributed by atoms with van der Waals surface area (Å²) in [5.41, 5.74) is 3.18. The van der Waals surface area contributed by atoms with E-state index in [-0.39, 0.29) is 10.8 Å². The molecule has 2 heteroatoms. The number of halogens is 2. The lowest BCUT2D eigenvalue weighted by Crippen LogP contribution is -1.81. The summed E-state index contributed by atoms with van der Waals surface area (Å²) in [6.07, 6.45) is 0. The molecule has 0 atom stereocenters. The van der Waals surface area contributed by atoms with E-state index in [1.165, 1.54) is 11.6 Å². The number of hydrogen-bond acceptors (Lipinski definition) is 0. The van der Waals surface area contributed by atoms with Crippen LogP contribution in [0.3, 0.4) is 0 Å². The first kappa shape index (κ1) is 15.7. The van der Waals surface area contributed by atoms with Crippen molar-refractivity contribution in [3.05, 3.63) is 58.9 Å². The highest BCUT2D eigenvalue weighted by molar-refractivity contribution is 6.31. The highest BCUT2D eigenvalue weighted by Crippen LogP contribution is 2.24. The van der Waals surface area contributed by atoms with Crippen LogP contribution in [0.25, 0.3) is 11.1 Å². The molecule has 0 aliphatic carbocycles. The molecule has 0 saturated heterocycles. The molecule has 0 nitrogen and oxygen atoms in total. The summed E-state index contributed by atoms with van der Waals surface area (Å²) in [4.78, 5) is 0. The summed E-state index contributed by atoms with van der Waals surface area (Å²) in [7, 11) is 0. The first-order valence-electron chi connectivity index (χ1n) is 6.42. The fourth-order valence-corrected chi connectivity index (χ4v) is 1.60. The highest BCUT2D eigenvalue weighted by atomic mass is 35.5. The predicted molar refractivity (Wildman–Crippen MR) is 82.1 cm³/mol. The Morgan fingerprint density at radius 3 is 1.84 bits per heavy atom. The normalized spacial score (nSPS) is 10.1. The average Bonchev–Trinajstić information content (AvgIpc) is 2.33. The molecule has 2 aromatic carbocycles. The van der Waals surface area contributed by atoms with Crippen LogP contribution in [-0.2, 0) is 0 Å². The summed E-state index contributed by atoms with van der Waals surface area (Å²) in [6.45, 7) is 8.53. The molecular weight excluding hydrogens is 259 g/mol. The van der Waals surface area contributed by atoms with Crippen molar-refractivity contribution in [2.24, 2.45) is 5.92 Å². The summed E-state index contributed by atoms with van der Waals surface area (Å²) in [6, 6.07) is 12.8. The minimum Gasteiger partial charge on any atom is -0.205 e. The molecule has 2 rings (SSSR count). The molecule has 0 spiro atoms. The molecule has 0 aliphatic heterocycles. The van der Waals surface area contributed by atoms with E-state index in [0.29, 0.717) is 0 Å². The Hall–Kier alpha value is -1.34. The monoisotopic (exact) mass is 278 g/mol. The largest absolute Gasteiger partial charge is 0.205 e. The smallest absolute Gasteiger partial charge is 0.141 e. The van der Waals surface area contributed by atoms with E-state index in [0.717, 1.165) is 17.0 Å². The molecule has 0 bridgehead atoms. The van der Waals surface area contributed by atoms with Crippen molar-refractivity contribution in [2.45, 2.75) is 27.7 Å². The van der Waals surface area contributed by atoms with Crippen LogP contribution in [0.5, 0.6) is 0 Å². The molecule has 0 radical (unpaired) electrons. The van der Waals surface area contributed by atoms with E-state index in [2.05, 4.69) is 20.8 Å². The minimum absolute atomic E-state index is 0.160. The van der Waals surface area contributed by atoms with Crippen LogP contribution in [-0.4, -0.2) is 0 Å². The predicted octanol–water partition coefficient (Wildman–Crippen LogP) is 6.12. The van der Waals surface area contributed by atoms with E-state index in [9.17, 15) is 4.39 Å². The van der Waals surface area contributed by atoms with Crippen molar-refractivity contribution in [1.82, 2.24) is 0 Å². The van der Waals surface area contributed by atoms with Crippen LogP contribution in [0.15, 0.2) is 42.5 Å². The molecule has 19 heavy (non-hydrogen) atoms. The van der Waals surface area contributed by atoms with Crippen molar-refractivity contribution in [3.63, 3.8) is 0 Å². The van der Waals surface area contributed by atoms with Gasteiger partial charge in [0.15, 0.2) is 0 Å². The minimum atomic E-state index is -0.382. The number of benzene rings is 2. The second kappa shape index (κ2) is 7.30. The second-order valence-electron chi connectivity index (χ2n) is 5.23. The zero-order chi connectivity index (χ0) is 14.4. The average molecular weight is 279 g/mol. The van der Waals surface area contributed by atoms with Crippen LogP contribution in [0.1, 0.15) is 26.3 Å². The fraction of sp³-hybridized carbons (Fsp3) is 0.294. The third kappa shape index (κ3) is 5.44. The van der Waals surface area contributed by atoms with E-state index in [1.54, 1.807) is 12.1 Å². The van der Waals surface area contributed by atoms with Gasteiger partial charge in [-0.15, -0.1) is 0 Å². The van der Waals surface area contributed by atoms with Gasteiger partial charge in [0.05, 0.1) is 5.02 Å². The van der Waals surface area contributed by atoms with Gasteiger partial charge in [0.25, 0.3) is 0 Å². The van der Waals surface area contributed by atoms with Crippen LogP contribution in [0.4, 0.5) is 4.39 Å². The van der Waals surface area contributed by atoms with Crippen molar-refractivity contribution < 1.29 is 4.39 Å². The van der Waals surface area contributed by atoms with Gasteiger partial charge in [-0.2, -0.15) is 0 Å². The fourth-order valence-electron chi connectivity index (χ4n) is 1.42. The summed E-state index contributed by atoms with van der Waals surface area (Å²) < 4.78 is 12.9. The Kier molecular flexibility index (Phi) is 6.04. The first-order valence-corrected chi connectivity index (χ1v) is 6.80. The molecule has 0 N–H and O–H groups in total. The van der Waals surface area contributed by atoms with Gasteiger partial charge in [-0.05, 0) is 36.1 Å². The Morgan fingerprint density at radius 2 is 1.37 bits per heavy atom. The third-order valence-electron chi connectivity index (χ3n) is 2.30. The second-order valence-corrected chi connectivity index (χ2v) is 5.63. The maximum atomic E-state index is 12.9. The molecule has 0 aromatic heterocycles. The quantitative estimate of drug-likeness (QED) is 0.590. The summed E-state index contributed by atoms with van der Waals surface area (Å²) >= 11 is 5.72. The Balaban J connectivity index is 0.000000399. The SMILES string of the molecule is CC(C)C.Cc1ccc(-c2ccc(F)c(Cl)c2)cc1. The Bertz CT molecular complexity index is 513. The van der Waals surface area contributed by atoms with Gasteiger partial charge in [0.2, 0.25) is 0 Å². The highest BCUT2D eigenvalue weighted by Gasteiger charge is 2.02. The molecule has 0 fully saturated rings. The van der Waals surface area contributed by atoms with Crippen LogP contribution in [0.2, 0.25) is 5.02 Å². The number of hydrogen-bond donors (Lipinski definition) is 0. The van der Waals surface area contributed by atoms with Crippen molar-refractivity contribution >= 4 is 11.6 Å². The molecule has 0 saturated carbocycles. The lowest BCUT2D eigenvalue weighted by Gasteiger charge is -2.03. The maximum Gasteiger partial charge on any atom is 0.141 e. The molecule has 0 aliphatic rings. The zero-order valence-electron chi connectivity index (χ0n) is 11.9. The van der Waals surface area contributed by atoms with Gasteiger partial charge < -0.3 is 0 Å². The molecule has 0 amide bonds. The number of aryl methyl sites for hydroxylation is 1. The lowest BCUT2D eigenvalue weighted by molar-refractivity contribution is 0.628. The maximum absolute atomic E-state index is 12.9. The Morgan fingerprint density at radius 1 is 0.895 bits per heavy atom. The van der Waals surface area contributed by atoms with Crippen LogP contribution >= 0.6 is 11.6 Å². The molecule has 0 heterocycles. The Labute approximate surface area is 120 Å². The molecule has 2 aromatic rings. The van der Waals surface area contributed by atoms with E-state index in [1.807, 2.05) is 31.2 Å². The molecule has 102 valence electrons. The lowest BCUT2D eigenvalue weighted by atomic mass is 10.0. The molecular formula is C17H20ClF. The van der Waals surface area contributed by atoms with Gasteiger partial charge in [-0.25, -0.2) is 4.39 Å². The number of rotatable bonds is 1. The van der Waals surface area contributed by atoms with E-state index in [4.69, 9.17) is 11.6 Å². The summed E-state index contributed by atoms with van der Waals surface area (Å²) in [5.74, 6) is 0.451. The van der Waals surface area contributed by atoms with Gasteiger partial charge in [-0.1, -0.05) is 68.3 Å². The van der Waals surface area contributed by atoms with Gasteiger partial charge in [-0.3, -0.25) is 0 Å². The topological polar surface area (TPSA) is 0 Å². The van der Waals surface area contributed by atoms with Crippen molar-refractivity contribution in [3.8, 4) is 11.1 Å². The van der Waals surface area contributed by atoms with Gasteiger partial charge >= 0.3 is 0 Å². The van der Waals surface area contributed by atoms with Gasteiger partial charge in [0, 0.05) is 0 Å². The van der Waals surface area contributed by atoms with Gasteiger partial charge in [0.1, 0.15) is 5.82 Å².